The molecule has 0 unspecified atom stereocenters. The first-order valence-electron chi connectivity index (χ1n) is 3.45. The van der Waals surface area contributed by atoms with Crippen molar-refractivity contribution in [3.05, 3.63) is 17.5 Å². The van der Waals surface area contributed by atoms with E-state index >= 15 is 0 Å². The van der Waals surface area contributed by atoms with E-state index in [-0.39, 0.29) is 45.9 Å². The number of aromatic nitrogens is 2. The van der Waals surface area contributed by atoms with Gasteiger partial charge in [0.2, 0.25) is 0 Å². The van der Waals surface area contributed by atoms with Crippen molar-refractivity contribution in [2.45, 2.75) is 20.4 Å². The first kappa shape index (κ1) is 19.1. The number of hydrogen-bond donors (Lipinski definition) is 1. The van der Waals surface area contributed by atoms with E-state index in [1.165, 1.54) is 5.69 Å². The SMILES string of the molecule is Cc1cc(C)n(CCN)n1.[Cl-].[Cl-].[Pt+2]. The van der Waals surface area contributed by atoms with Crippen molar-refractivity contribution in [2.75, 3.05) is 6.54 Å². The molecule has 0 saturated carbocycles. The van der Waals surface area contributed by atoms with E-state index in [1.54, 1.807) is 0 Å². The summed E-state index contributed by atoms with van der Waals surface area (Å²) in [5.41, 5.74) is 7.62. The number of rotatable bonds is 2. The summed E-state index contributed by atoms with van der Waals surface area (Å²) < 4.78 is 1.93. The summed E-state index contributed by atoms with van der Waals surface area (Å²) in [5.74, 6) is 0. The molecule has 2 N–H and O–H groups in total. The Hall–Kier alpha value is 0.438. The van der Waals surface area contributed by atoms with Gasteiger partial charge in [-0.2, -0.15) is 5.10 Å². The van der Waals surface area contributed by atoms with Crippen LogP contribution in [-0.2, 0) is 27.6 Å². The van der Waals surface area contributed by atoms with Crippen LogP contribution in [0.4, 0.5) is 0 Å². The van der Waals surface area contributed by atoms with Gasteiger partial charge in [-0.25, -0.2) is 0 Å². The molecular formula is C7H13Cl2N3Pt. The van der Waals surface area contributed by atoms with E-state index in [0.29, 0.717) is 6.54 Å². The van der Waals surface area contributed by atoms with Gasteiger partial charge < -0.3 is 30.5 Å². The molecule has 1 aromatic heterocycles. The van der Waals surface area contributed by atoms with E-state index in [1.807, 2.05) is 18.5 Å². The normalized spacial score (nSPS) is 7.92. The van der Waals surface area contributed by atoms with Crippen LogP contribution in [-0.4, -0.2) is 16.3 Å². The fraction of sp³-hybridized carbons (Fsp3) is 0.571. The number of hydrogen-bond acceptors (Lipinski definition) is 2. The number of halogens is 2. The van der Waals surface area contributed by atoms with Crippen LogP contribution in [0.1, 0.15) is 11.4 Å². The Labute approximate surface area is 106 Å². The first-order valence-corrected chi connectivity index (χ1v) is 3.45. The third-order valence-corrected chi connectivity index (χ3v) is 1.44. The van der Waals surface area contributed by atoms with Gasteiger partial charge in [0, 0.05) is 12.2 Å². The quantitative estimate of drug-likeness (QED) is 0.534. The standard InChI is InChI=1S/C7H13N3.2ClH.Pt/c1-6-5-7(2)10(9-6)4-3-8;;;/h5H,3-4,8H2,1-2H3;2*1H;/q;;;+2/p-2. The van der Waals surface area contributed by atoms with Crippen LogP contribution in [0.15, 0.2) is 6.07 Å². The predicted molar refractivity (Wildman–Crippen MR) is 40.8 cm³/mol. The van der Waals surface area contributed by atoms with Gasteiger partial charge in [0.15, 0.2) is 0 Å². The fourth-order valence-corrected chi connectivity index (χ4v) is 1.02. The third kappa shape index (κ3) is 5.69. The molecule has 1 rings (SSSR count). The number of aryl methyl sites for hydroxylation is 2. The molecule has 0 spiro atoms. The molecule has 6 heteroatoms. The second-order valence-electron chi connectivity index (χ2n) is 2.44. The van der Waals surface area contributed by atoms with Crippen molar-refractivity contribution in [3.63, 3.8) is 0 Å². The number of nitrogens with zero attached hydrogens (tertiary/aromatic N) is 2. The molecule has 1 heterocycles. The first-order chi connectivity index (χ1) is 4.74. The summed E-state index contributed by atoms with van der Waals surface area (Å²) in [4.78, 5) is 0. The van der Waals surface area contributed by atoms with Crippen LogP contribution in [0.2, 0.25) is 0 Å². The zero-order valence-electron chi connectivity index (χ0n) is 7.54. The van der Waals surface area contributed by atoms with Crippen LogP contribution >= 0.6 is 0 Å². The molecule has 1 aromatic rings. The summed E-state index contributed by atoms with van der Waals surface area (Å²) in [6.45, 7) is 5.50. The van der Waals surface area contributed by atoms with E-state index < -0.39 is 0 Å². The summed E-state index contributed by atoms with van der Waals surface area (Å²) in [6, 6.07) is 2.05. The van der Waals surface area contributed by atoms with Gasteiger partial charge in [0.1, 0.15) is 0 Å². The minimum absolute atomic E-state index is 0. The maximum absolute atomic E-state index is 5.38. The predicted octanol–water partition coefficient (Wildman–Crippen LogP) is -5.54. The molecule has 0 bridgehead atoms. The molecule has 80 valence electrons. The van der Waals surface area contributed by atoms with Gasteiger partial charge in [-0.15, -0.1) is 0 Å². The summed E-state index contributed by atoms with van der Waals surface area (Å²) in [5, 5.41) is 4.24. The van der Waals surface area contributed by atoms with Gasteiger partial charge >= 0.3 is 21.1 Å². The summed E-state index contributed by atoms with van der Waals surface area (Å²) in [6.07, 6.45) is 0. The van der Waals surface area contributed by atoms with Gasteiger partial charge in [-0.3, -0.25) is 4.68 Å². The zero-order chi connectivity index (χ0) is 7.56. The van der Waals surface area contributed by atoms with Gasteiger partial charge in [-0.1, -0.05) is 0 Å². The molecule has 0 fully saturated rings. The Balaban J connectivity index is -0.000000333. The van der Waals surface area contributed by atoms with Crippen molar-refractivity contribution < 1.29 is 45.9 Å². The molecule has 3 nitrogen and oxygen atoms in total. The topological polar surface area (TPSA) is 43.8 Å². The van der Waals surface area contributed by atoms with E-state index in [9.17, 15) is 0 Å². The maximum atomic E-state index is 5.38. The fourth-order valence-electron chi connectivity index (χ4n) is 1.02. The van der Waals surface area contributed by atoms with Crippen molar-refractivity contribution in [2.24, 2.45) is 5.73 Å². The molecule has 0 aliphatic carbocycles. The molecule has 0 aromatic carbocycles. The van der Waals surface area contributed by atoms with Crippen molar-refractivity contribution >= 4 is 0 Å². The summed E-state index contributed by atoms with van der Waals surface area (Å²) in [7, 11) is 0. The largest absolute Gasteiger partial charge is 2.00 e. The Kier molecular flexibility index (Phi) is 13.2. The Morgan fingerprint density at radius 2 is 1.92 bits per heavy atom. The molecule has 0 atom stereocenters. The Morgan fingerprint density at radius 1 is 1.38 bits per heavy atom. The van der Waals surface area contributed by atoms with Crippen LogP contribution in [0, 0.1) is 13.8 Å². The van der Waals surface area contributed by atoms with Crippen LogP contribution in [0.5, 0.6) is 0 Å². The molecule has 0 aliphatic heterocycles. The minimum atomic E-state index is 0. The van der Waals surface area contributed by atoms with E-state index in [4.69, 9.17) is 5.73 Å². The van der Waals surface area contributed by atoms with Gasteiger partial charge in [0.05, 0.1) is 12.2 Å². The minimum Gasteiger partial charge on any atom is -1.00 e. The zero-order valence-corrected chi connectivity index (χ0v) is 11.3. The number of nitrogens with two attached hydrogens (primary N) is 1. The molecule has 0 amide bonds. The van der Waals surface area contributed by atoms with Crippen LogP contribution in [0.3, 0.4) is 0 Å². The smallest absolute Gasteiger partial charge is 1.00 e. The van der Waals surface area contributed by atoms with Gasteiger partial charge in [0.25, 0.3) is 0 Å². The molecule has 0 aliphatic rings. The molecule has 0 saturated heterocycles. The van der Waals surface area contributed by atoms with Crippen molar-refractivity contribution in [1.82, 2.24) is 9.78 Å². The van der Waals surface area contributed by atoms with Gasteiger partial charge in [-0.05, 0) is 19.9 Å². The second-order valence-corrected chi connectivity index (χ2v) is 2.44. The Bertz CT molecular complexity index is 228. The Morgan fingerprint density at radius 3 is 2.23 bits per heavy atom. The third-order valence-electron chi connectivity index (χ3n) is 1.44. The summed E-state index contributed by atoms with van der Waals surface area (Å²) >= 11 is 0. The average Bonchev–Trinajstić information content (AvgIpc) is 2.13. The van der Waals surface area contributed by atoms with Crippen molar-refractivity contribution in [1.29, 1.82) is 0 Å². The van der Waals surface area contributed by atoms with E-state index in [2.05, 4.69) is 11.2 Å². The van der Waals surface area contributed by atoms with Crippen LogP contribution in [0.25, 0.3) is 0 Å². The molecular weight excluding hydrogens is 392 g/mol. The monoisotopic (exact) mass is 404 g/mol. The average molecular weight is 405 g/mol. The second kappa shape index (κ2) is 9.01. The maximum Gasteiger partial charge on any atom is 2.00 e. The molecule has 0 radical (unpaired) electrons. The molecule has 13 heavy (non-hydrogen) atoms. The van der Waals surface area contributed by atoms with Crippen LogP contribution < -0.4 is 30.5 Å². The van der Waals surface area contributed by atoms with E-state index in [0.717, 1.165) is 12.2 Å². The van der Waals surface area contributed by atoms with Crippen molar-refractivity contribution in [3.8, 4) is 0 Å².